The fraction of sp³-hybridized carbons (Fsp3) is 0.429. The van der Waals surface area contributed by atoms with Gasteiger partial charge in [0.15, 0.2) is 0 Å². The Bertz CT molecular complexity index is 1620. The highest BCUT2D eigenvalue weighted by molar-refractivity contribution is 7.22. The smallest absolute Gasteiger partial charge is 0.333 e. The predicted molar refractivity (Wildman–Crippen MR) is 154 cm³/mol. The molecule has 0 unspecified atom stereocenters. The van der Waals surface area contributed by atoms with Gasteiger partial charge in [-0.15, -0.1) is 0 Å². The third kappa shape index (κ3) is 5.97. The lowest BCUT2D eigenvalue weighted by Gasteiger charge is -2.30. The molecule has 11 nitrogen and oxygen atoms in total. The van der Waals surface area contributed by atoms with Crippen molar-refractivity contribution in [2.45, 2.75) is 57.9 Å². The second-order valence-electron chi connectivity index (χ2n) is 10.1. The molecule has 2 aromatic heterocycles. The van der Waals surface area contributed by atoms with Crippen LogP contribution in [0.3, 0.4) is 0 Å². The van der Waals surface area contributed by atoms with Gasteiger partial charge in [-0.25, -0.2) is 23.5 Å². The molecule has 3 N–H and O–H groups in total. The summed E-state index contributed by atoms with van der Waals surface area (Å²) in [6.45, 7) is 5.07. The number of carboxylic acids is 1. The molecule has 1 atom stereocenters. The van der Waals surface area contributed by atoms with Crippen LogP contribution in [0.25, 0.3) is 10.2 Å². The van der Waals surface area contributed by atoms with E-state index in [0.29, 0.717) is 47.9 Å². The summed E-state index contributed by atoms with van der Waals surface area (Å²) in [7, 11) is 1.45. The van der Waals surface area contributed by atoms with Crippen LogP contribution in [0.1, 0.15) is 43.9 Å². The number of aryl methyl sites for hydroxylation is 1. The van der Waals surface area contributed by atoms with E-state index in [1.54, 1.807) is 6.92 Å². The van der Waals surface area contributed by atoms with Crippen LogP contribution < -0.4 is 21.7 Å². The van der Waals surface area contributed by atoms with E-state index in [2.05, 4.69) is 4.99 Å². The number of aliphatic carboxylic acids is 1. The standard InChI is InChI=1S/C28H33FN4O7S/c1-16-22-24(34)33(28(2,3)26(35)36)27(37)32(25(22)41-23(16)31-11-5-10-30)15-21(40-18-8-12-39-13-9-18)19-14-17(29)6-7-20(19)38-4/h5-7,10-11,14,18,21H,8-9,12-13,15,30H2,1-4H3,(H,35,36)/t21-/m0/s1. The van der Waals surface area contributed by atoms with Crippen LogP contribution in [-0.2, 0) is 26.4 Å². The highest BCUT2D eigenvalue weighted by atomic mass is 32.1. The Hall–Kier alpha value is -3.81. The van der Waals surface area contributed by atoms with Crippen molar-refractivity contribution in [2.75, 3.05) is 20.3 Å². The summed E-state index contributed by atoms with van der Waals surface area (Å²) >= 11 is 1.10. The van der Waals surface area contributed by atoms with Gasteiger partial charge in [-0.05, 0) is 64.1 Å². The van der Waals surface area contributed by atoms with E-state index < -0.39 is 34.7 Å². The number of hydrogen-bond donors (Lipinski definition) is 2. The lowest BCUT2D eigenvalue weighted by molar-refractivity contribution is -0.146. The molecule has 4 rings (SSSR count). The van der Waals surface area contributed by atoms with Crippen LogP contribution in [0, 0.1) is 12.7 Å². The minimum absolute atomic E-state index is 0.156. The third-order valence-electron chi connectivity index (χ3n) is 7.07. The maximum absolute atomic E-state index is 14.5. The lowest BCUT2D eigenvalue weighted by Crippen LogP contribution is -2.52. The summed E-state index contributed by atoms with van der Waals surface area (Å²) in [6, 6.07) is 4.03. The van der Waals surface area contributed by atoms with Gasteiger partial charge in [-0.1, -0.05) is 11.3 Å². The van der Waals surface area contributed by atoms with Crippen LogP contribution in [0.2, 0.25) is 0 Å². The number of aliphatic imine (C=N–C) groups is 1. The monoisotopic (exact) mass is 588 g/mol. The number of nitrogens with zero attached hydrogens (tertiary/aromatic N) is 3. The predicted octanol–water partition coefficient (Wildman–Crippen LogP) is 3.61. The molecule has 0 spiro atoms. The quantitative estimate of drug-likeness (QED) is 0.342. The fourth-order valence-corrected chi connectivity index (χ4v) is 5.91. The molecule has 220 valence electrons. The average Bonchev–Trinajstić information content (AvgIpc) is 3.26. The number of thiophene rings is 1. The second-order valence-corrected chi connectivity index (χ2v) is 11.1. The van der Waals surface area contributed by atoms with Crippen molar-refractivity contribution in [3.05, 3.63) is 68.3 Å². The first-order valence-electron chi connectivity index (χ1n) is 13.0. The van der Waals surface area contributed by atoms with E-state index in [1.807, 2.05) is 0 Å². The fourth-order valence-electron chi connectivity index (χ4n) is 4.75. The maximum Gasteiger partial charge on any atom is 0.333 e. The number of nitrogens with two attached hydrogens (primary N) is 1. The Morgan fingerprint density at radius 1 is 1.34 bits per heavy atom. The largest absolute Gasteiger partial charge is 0.496 e. The molecule has 0 saturated carbocycles. The zero-order valence-electron chi connectivity index (χ0n) is 23.3. The number of benzene rings is 1. The Kier molecular flexibility index (Phi) is 9.10. The number of hydrogen-bond acceptors (Lipinski definition) is 9. The molecular weight excluding hydrogens is 555 g/mol. The molecule has 1 aromatic carbocycles. The van der Waals surface area contributed by atoms with E-state index in [0.717, 1.165) is 15.9 Å². The molecule has 13 heteroatoms. The molecule has 1 fully saturated rings. The summed E-state index contributed by atoms with van der Waals surface area (Å²) in [5.41, 5.74) is 2.79. The van der Waals surface area contributed by atoms with Crippen molar-refractivity contribution < 1.29 is 28.5 Å². The van der Waals surface area contributed by atoms with Crippen LogP contribution in [-0.4, -0.2) is 52.9 Å². The summed E-state index contributed by atoms with van der Waals surface area (Å²) in [4.78, 5) is 44.6. The summed E-state index contributed by atoms with van der Waals surface area (Å²) in [5.74, 6) is -1.52. The summed E-state index contributed by atoms with van der Waals surface area (Å²) < 4.78 is 34.0. The number of methoxy groups -OCH3 is 1. The number of carbonyl (C=O) groups is 1. The molecule has 1 aliphatic rings. The summed E-state index contributed by atoms with van der Waals surface area (Å²) in [5, 5.41) is 10.6. The van der Waals surface area contributed by atoms with Gasteiger partial charge >= 0.3 is 11.7 Å². The Labute approximate surface area is 239 Å². The Balaban J connectivity index is 2.00. The molecule has 0 amide bonds. The van der Waals surface area contributed by atoms with Crippen molar-refractivity contribution >= 4 is 38.7 Å². The van der Waals surface area contributed by atoms with E-state index in [1.165, 1.54) is 62.2 Å². The van der Waals surface area contributed by atoms with E-state index in [4.69, 9.17) is 19.9 Å². The SMILES string of the molecule is COc1ccc(F)cc1[C@H](Cn1c(=O)n(C(C)(C)C(=O)O)c(=O)c2c(C)c(N=CC=CN)sc21)OC1CCOCC1. The topological polar surface area (TPSA) is 147 Å². The average molecular weight is 589 g/mol. The van der Waals surface area contributed by atoms with Gasteiger partial charge in [0, 0.05) is 30.6 Å². The van der Waals surface area contributed by atoms with Gasteiger partial charge in [0.05, 0.1) is 25.1 Å². The number of aromatic nitrogens is 2. The lowest BCUT2D eigenvalue weighted by atomic mass is 10.0. The molecule has 0 radical (unpaired) electrons. The van der Waals surface area contributed by atoms with Crippen molar-refractivity contribution in [3.63, 3.8) is 0 Å². The molecule has 0 aliphatic carbocycles. The van der Waals surface area contributed by atoms with Crippen LogP contribution in [0.5, 0.6) is 5.75 Å². The van der Waals surface area contributed by atoms with Crippen LogP contribution in [0.4, 0.5) is 9.39 Å². The normalized spacial score (nSPS) is 15.7. The highest BCUT2D eigenvalue weighted by Gasteiger charge is 2.36. The Morgan fingerprint density at radius 2 is 2.05 bits per heavy atom. The summed E-state index contributed by atoms with van der Waals surface area (Å²) in [6.07, 6.45) is 4.31. The van der Waals surface area contributed by atoms with Crippen molar-refractivity contribution in [1.82, 2.24) is 9.13 Å². The zero-order valence-corrected chi connectivity index (χ0v) is 24.1. The van der Waals surface area contributed by atoms with Crippen LogP contribution in [0.15, 0.2) is 45.1 Å². The van der Waals surface area contributed by atoms with Gasteiger partial charge in [0.25, 0.3) is 5.56 Å². The molecule has 41 heavy (non-hydrogen) atoms. The Morgan fingerprint density at radius 3 is 2.68 bits per heavy atom. The number of halogens is 1. The highest BCUT2D eigenvalue weighted by Crippen LogP contribution is 2.37. The minimum atomic E-state index is -1.88. The zero-order chi connectivity index (χ0) is 29.9. The first-order valence-corrected chi connectivity index (χ1v) is 13.8. The first-order chi connectivity index (χ1) is 19.5. The van der Waals surface area contributed by atoms with Gasteiger partial charge < -0.3 is 25.1 Å². The van der Waals surface area contributed by atoms with Gasteiger partial charge in [-0.2, -0.15) is 0 Å². The molecule has 3 heterocycles. The van der Waals surface area contributed by atoms with E-state index >= 15 is 0 Å². The number of rotatable bonds is 10. The molecule has 1 saturated heterocycles. The van der Waals surface area contributed by atoms with E-state index in [-0.39, 0.29) is 22.9 Å². The molecule has 3 aromatic rings. The third-order valence-corrected chi connectivity index (χ3v) is 8.29. The van der Waals surface area contributed by atoms with Crippen LogP contribution >= 0.6 is 11.3 Å². The van der Waals surface area contributed by atoms with Gasteiger partial charge in [0.1, 0.15) is 33.0 Å². The molecular formula is C28H33FN4O7S. The second kappa shape index (κ2) is 12.4. The number of carboxylic acid groups (broad SMARTS) is 1. The number of allylic oxidation sites excluding steroid dienone is 1. The van der Waals surface area contributed by atoms with Crippen molar-refractivity contribution in [3.8, 4) is 5.75 Å². The van der Waals surface area contributed by atoms with E-state index in [9.17, 15) is 23.9 Å². The molecule has 0 bridgehead atoms. The first kappa shape index (κ1) is 30.2. The van der Waals surface area contributed by atoms with Gasteiger partial charge in [-0.3, -0.25) is 9.36 Å². The number of fused-ring (bicyclic) bond motifs is 1. The van der Waals surface area contributed by atoms with Gasteiger partial charge in [0.2, 0.25) is 0 Å². The maximum atomic E-state index is 14.5. The minimum Gasteiger partial charge on any atom is -0.496 e. The van der Waals surface area contributed by atoms with Crippen molar-refractivity contribution in [2.24, 2.45) is 10.7 Å². The van der Waals surface area contributed by atoms with Crippen molar-refractivity contribution in [1.29, 1.82) is 0 Å². The number of ether oxygens (including phenoxy) is 3. The molecule has 1 aliphatic heterocycles.